The zero-order valence-corrected chi connectivity index (χ0v) is 12.7. The van der Waals surface area contributed by atoms with Crippen molar-refractivity contribution in [3.8, 4) is 0 Å². The third kappa shape index (κ3) is 4.06. The van der Waals surface area contributed by atoms with Gasteiger partial charge in [-0.25, -0.2) is 0 Å². The molecule has 0 aromatic carbocycles. The summed E-state index contributed by atoms with van der Waals surface area (Å²) in [6.45, 7) is 0.391. The third-order valence-electron chi connectivity index (χ3n) is 3.66. The molecular weight excluding hydrogens is 323 g/mol. The summed E-state index contributed by atoms with van der Waals surface area (Å²) < 4.78 is 44.8. The number of alkyl halides is 3. The fourth-order valence-corrected chi connectivity index (χ4v) is 2.34. The van der Waals surface area contributed by atoms with Gasteiger partial charge in [0.1, 0.15) is 5.76 Å². The standard InChI is InChI=1S/C16H16F3N3O2/c17-16(18,19)14-10-13(11-3-4-11)22(21-14)8-7-20-15(23)6-5-12-2-1-9-24-12/h1-2,5-6,9-11H,3-4,7-8H2,(H,20,23). The highest BCUT2D eigenvalue weighted by atomic mass is 19.4. The van der Waals surface area contributed by atoms with Crippen LogP contribution in [0.5, 0.6) is 0 Å². The van der Waals surface area contributed by atoms with Gasteiger partial charge in [-0.2, -0.15) is 18.3 Å². The van der Waals surface area contributed by atoms with Crippen molar-refractivity contribution in [1.82, 2.24) is 15.1 Å². The highest BCUT2D eigenvalue weighted by Gasteiger charge is 2.37. The molecule has 1 saturated carbocycles. The van der Waals surface area contributed by atoms with Gasteiger partial charge in [0.25, 0.3) is 0 Å². The van der Waals surface area contributed by atoms with Crippen LogP contribution >= 0.6 is 0 Å². The largest absolute Gasteiger partial charge is 0.465 e. The predicted octanol–water partition coefficient (Wildman–Crippen LogP) is 3.20. The SMILES string of the molecule is O=C(C=Cc1ccco1)NCCn1nc(C(F)(F)F)cc1C1CC1. The first-order valence-electron chi connectivity index (χ1n) is 7.58. The van der Waals surface area contributed by atoms with Gasteiger partial charge >= 0.3 is 6.18 Å². The van der Waals surface area contributed by atoms with Crippen LogP contribution in [0.25, 0.3) is 6.08 Å². The van der Waals surface area contributed by atoms with Crippen LogP contribution in [0.1, 0.15) is 35.9 Å². The van der Waals surface area contributed by atoms with E-state index in [9.17, 15) is 18.0 Å². The molecule has 2 heterocycles. The number of amides is 1. The molecular formula is C16H16F3N3O2. The topological polar surface area (TPSA) is 60.1 Å². The van der Waals surface area contributed by atoms with Gasteiger partial charge in [-0.05, 0) is 37.1 Å². The quantitative estimate of drug-likeness (QED) is 0.822. The number of aromatic nitrogens is 2. The van der Waals surface area contributed by atoms with E-state index in [1.165, 1.54) is 23.1 Å². The van der Waals surface area contributed by atoms with E-state index < -0.39 is 11.9 Å². The molecule has 128 valence electrons. The van der Waals surface area contributed by atoms with E-state index in [0.717, 1.165) is 18.9 Å². The van der Waals surface area contributed by atoms with Crippen LogP contribution in [0.3, 0.4) is 0 Å². The Morgan fingerprint density at radius 1 is 1.46 bits per heavy atom. The minimum Gasteiger partial charge on any atom is -0.465 e. The summed E-state index contributed by atoms with van der Waals surface area (Å²) in [5, 5.41) is 6.25. The summed E-state index contributed by atoms with van der Waals surface area (Å²) in [6.07, 6.45) is 1.62. The number of furan rings is 1. The molecule has 8 heteroatoms. The molecule has 24 heavy (non-hydrogen) atoms. The van der Waals surface area contributed by atoms with Crippen molar-refractivity contribution in [3.63, 3.8) is 0 Å². The summed E-state index contributed by atoms with van der Waals surface area (Å²) in [4.78, 5) is 11.7. The van der Waals surface area contributed by atoms with Gasteiger partial charge in [-0.3, -0.25) is 9.48 Å². The molecule has 0 saturated heterocycles. The molecule has 0 radical (unpaired) electrons. The summed E-state index contributed by atoms with van der Waals surface area (Å²) in [5.41, 5.74) is -0.295. The minimum absolute atomic E-state index is 0.142. The first kappa shape index (κ1) is 16.4. The van der Waals surface area contributed by atoms with Gasteiger partial charge < -0.3 is 9.73 Å². The lowest BCUT2D eigenvalue weighted by molar-refractivity contribution is -0.141. The second-order valence-electron chi connectivity index (χ2n) is 5.59. The first-order valence-corrected chi connectivity index (χ1v) is 7.58. The molecule has 2 aromatic heterocycles. The predicted molar refractivity (Wildman–Crippen MR) is 80.0 cm³/mol. The lowest BCUT2D eigenvalue weighted by Gasteiger charge is -2.07. The Kier molecular flexibility index (Phi) is 4.46. The highest BCUT2D eigenvalue weighted by molar-refractivity contribution is 5.91. The van der Waals surface area contributed by atoms with Crippen molar-refractivity contribution in [2.45, 2.75) is 31.5 Å². The van der Waals surface area contributed by atoms with E-state index in [1.807, 2.05) is 0 Å². The lowest BCUT2D eigenvalue weighted by Crippen LogP contribution is -2.26. The molecule has 1 amide bonds. The Balaban J connectivity index is 1.56. The number of nitrogens with one attached hydrogen (secondary N) is 1. The van der Waals surface area contributed by atoms with Crippen molar-refractivity contribution >= 4 is 12.0 Å². The van der Waals surface area contributed by atoms with Crippen LogP contribution in [0, 0.1) is 0 Å². The molecule has 3 rings (SSSR count). The molecule has 0 atom stereocenters. The molecule has 1 N–H and O–H groups in total. The Labute approximate surface area is 136 Å². The summed E-state index contributed by atoms with van der Waals surface area (Å²) in [6, 6.07) is 4.51. The summed E-state index contributed by atoms with van der Waals surface area (Å²) in [5.74, 6) is 0.341. The first-order chi connectivity index (χ1) is 11.4. The fraction of sp³-hybridized carbons (Fsp3) is 0.375. The van der Waals surface area contributed by atoms with Crippen LogP contribution in [0.15, 0.2) is 35.0 Å². The maximum atomic E-state index is 12.8. The molecule has 5 nitrogen and oxygen atoms in total. The maximum Gasteiger partial charge on any atom is 0.435 e. The summed E-state index contributed by atoms with van der Waals surface area (Å²) >= 11 is 0. The van der Waals surface area contributed by atoms with E-state index in [0.29, 0.717) is 11.5 Å². The van der Waals surface area contributed by atoms with Gasteiger partial charge in [-0.1, -0.05) is 0 Å². The molecule has 0 bridgehead atoms. The Morgan fingerprint density at radius 3 is 2.88 bits per heavy atom. The molecule has 0 spiro atoms. The highest BCUT2D eigenvalue weighted by Crippen LogP contribution is 2.42. The molecule has 0 aliphatic heterocycles. The van der Waals surface area contributed by atoms with Crippen molar-refractivity contribution in [1.29, 1.82) is 0 Å². The van der Waals surface area contributed by atoms with Crippen molar-refractivity contribution < 1.29 is 22.4 Å². The van der Waals surface area contributed by atoms with Crippen molar-refractivity contribution in [3.05, 3.63) is 47.7 Å². The molecule has 1 aliphatic carbocycles. The van der Waals surface area contributed by atoms with Gasteiger partial charge in [0.2, 0.25) is 5.91 Å². The summed E-state index contributed by atoms with van der Waals surface area (Å²) in [7, 11) is 0. The van der Waals surface area contributed by atoms with E-state index in [1.54, 1.807) is 12.1 Å². The number of halogens is 3. The maximum absolute atomic E-state index is 12.8. The minimum atomic E-state index is -4.45. The van der Waals surface area contributed by atoms with Crippen LogP contribution in [-0.2, 0) is 17.5 Å². The van der Waals surface area contributed by atoms with Crippen LogP contribution in [0.4, 0.5) is 13.2 Å². The normalized spacial score (nSPS) is 15.1. The van der Waals surface area contributed by atoms with Crippen LogP contribution in [-0.4, -0.2) is 22.2 Å². The van der Waals surface area contributed by atoms with Gasteiger partial charge in [-0.15, -0.1) is 0 Å². The molecule has 1 fully saturated rings. The van der Waals surface area contributed by atoms with E-state index in [-0.39, 0.29) is 24.9 Å². The molecule has 2 aromatic rings. The van der Waals surface area contributed by atoms with E-state index >= 15 is 0 Å². The monoisotopic (exact) mass is 339 g/mol. The average molecular weight is 339 g/mol. The van der Waals surface area contributed by atoms with Crippen LogP contribution in [0.2, 0.25) is 0 Å². The van der Waals surface area contributed by atoms with Crippen LogP contribution < -0.4 is 5.32 Å². The number of hydrogen-bond acceptors (Lipinski definition) is 3. The van der Waals surface area contributed by atoms with Crippen molar-refractivity contribution in [2.75, 3.05) is 6.54 Å². The number of carbonyl (C=O) groups is 1. The Bertz CT molecular complexity index is 728. The zero-order chi connectivity index (χ0) is 17.2. The smallest absolute Gasteiger partial charge is 0.435 e. The van der Waals surface area contributed by atoms with E-state index in [4.69, 9.17) is 4.42 Å². The second-order valence-corrected chi connectivity index (χ2v) is 5.59. The lowest BCUT2D eigenvalue weighted by atomic mass is 10.2. The second kappa shape index (κ2) is 6.54. The number of nitrogens with zero attached hydrogens (tertiary/aromatic N) is 2. The Morgan fingerprint density at radius 2 is 2.25 bits per heavy atom. The van der Waals surface area contributed by atoms with Gasteiger partial charge in [0.05, 0.1) is 12.8 Å². The van der Waals surface area contributed by atoms with Gasteiger partial charge in [0, 0.05) is 24.2 Å². The van der Waals surface area contributed by atoms with Crippen molar-refractivity contribution in [2.24, 2.45) is 0 Å². The molecule has 0 unspecified atom stereocenters. The fourth-order valence-electron chi connectivity index (χ4n) is 2.34. The van der Waals surface area contributed by atoms with Gasteiger partial charge in [0.15, 0.2) is 5.69 Å². The number of carbonyl (C=O) groups excluding carboxylic acids is 1. The number of rotatable bonds is 6. The zero-order valence-electron chi connectivity index (χ0n) is 12.7. The number of hydrogen-bond donors (Lipinski definition) is 1. The molecule has 1 aliphatic rings. The average Bonchev–Trinajstić information content (AvgIpc) is 3.06. The Hall–Kier alpha value is -2.51. The van der Waals surface area contributed by atoms with E-state index in [2.05, 4.69) is 10.4 Å². The third-order valence-corrected chi connectivity index (χ3v) is 3.66.